The third-order valence-electron chi connectivity index (χ3n) is 2.02. The highest BCUT2D eigenvalue weighted by Gasteiger charge is 2.14. The van der Waals surface area contributed by atoms with Crippen molar-refractivity contribution in [3.8, 4) is 0 Å². The number of carboxylic acids is 1. The Hall–Kier alpha value is -1.26. The second-order valence-corrected chi connectivity index (χ2v) is 3.35. The van der Waals surface area contributed by atoms with E-state index in [0.717, 1.165) is 0 Å². The lowest BCUT2D eigenvalue weighted by molar-refractivity contribution is -0.138. The molecule has 1 atom stereocenters. The van der Waals surface area contributed by atoms with Gasteiger partial charge in [-0.15, -0.1) is 0 Å². The van der Waals surface area contributed by atoms with Crippen LogP contribution in [0.15, 0.2) is 18.2 Å². The van der Waals surface area contributed by atoms with Gasteiger partial charge in [0, 0.05) is 0 Å². The lowest BCUT2D eigenvalue weighted by Gasteiger charge is -2.09. The third-order valence-corrected chi connectivity index (χ3v) is 2.33. The largest absolute Gasteiger partial charge is 0.481 e. The first-order chi connectivity index (χ1) is 6.56. The van der Waals surface area contributed by atoms with Gasteiger partial charge in [0.1, 0.15) is 0 Å². The van der Waals surface area contributed by atoms with Crippen LogP contribution in [0.5, 0.6) is 0 Å². The third kappa shape index (κ3) is 2.16. The Morgan fingerprint density at radius 3 is 2.71 bits per heavy atom. The Labute approximate surface area is 86.6 Å². The van der Waals surface area contributed by atoms with Crippen LogP contribution in [-0.4, -0.2) is 11.1 Å². The molecule has 76 valence electrons. The average Bonchev–Trinajstić information content (AvgIpc) is 2.16. The molecule has 1 aromatic rings. The minimum Gasteiger partial charge on any atom is -0.481 e. The van der Waals surface area contributed by atoms with Crippen molar-refractivity contribution in [3.05, 3.63) is 28.8 Å². The molecule has 0 bridgehead atoms. The van der Waals surface area contributed by atoms with Crippen molar-refractivity contribution in [2.75, 3.05) is 5.43 Å². The number of carboxylic acid groups (broad SMARTS) is 1. The number of hydrogen-bond donors (Lipinski definition) is 3. The van der Waals surface area contributed by atoms with Gasteiger partial charge in [-0.1, -0.05) is 17.7 Å². The standard InChI is InChI=1S/C9H11ClN2O2/c1-5(9(13)14)6-2-3-8(12-11)7(10)4-6/h2-5,12H,11H2,1H3,(H,13,14). The molecule has 1 unspecified atom stereocenters. The number of halogens is 1. The highest BCUT2D eigenvalue weighted by Crippen LogP contribution is 2.26. The Bertz CT molecular complexity index is 355. The number of hydrazine groups is 1. The summed E-state index contributed by atoms with van der Waals surface area (Å²) in [6.07, 6.45) is 0. The molecule has 1 aromatic carbocycles. The van der Waals surface area contributed by atoms with Gasteiger partial charge in [0.15, 0.2) is 0 Å². The minimum absolute atomic E-state index is 0.415. The number of rotatable bonds is 3. The normalized spacial score (nSPS) is 12.2. The van der Waals surface area contributed by atoms with Gasteiger partial charge >= 0.3 is 5.97 Å². The van der Waals surface area contributed by atoms with Gasteiger partial charge in [-0.2, -0.15) is 0 Å². The van der Waals surface area contributed by atoms with E-state index in [9.17, 15) is 4.79 Å². The van der Waals surface area contributed by atoms with Crippen molar-refractivity contribution < 1.29 is 9.90 Å². The van der Waals surface area contributed by atoms with Crippen molar-refractivity contribution in [1.82, 2.24) is 0 Å². The zero-order chi connectivity index (χ0) is 10.7. The summed E-state index contributed by atoms with van der Waals surface area (Å²) in [5.74, 6) is 3.74. The number of nitrogens with two attached hydrogens (primary N) is 1. The van der Waals surface area contributed by atoms with Crippen LogP contribution in [0.2, 0.25) is 5.02 Å². The molecule has 0 heterocycles. The van der Waals surface area contributed by atoms with Gasteiger partial charge in [0.25, 0.3) is 0 Å². The first-order valence-electron chi connectivity index (χ1n) is 4.05. The van der Waals surface area contributed by atoms with E-state index in [0.29, 0.717) is 16.3 Å². The molecule has 0 aliphatic carbocycles. The highest BCUT2D eigenvalue weighted by atomic mass is 35.5. The van der Waals surface area contributed by atoms with Gasteiger partial charge in [-0.3, -0.25) is 10.6 Å². The number of benzene rings is 1. The van der Waals surface area contributed by atoms with Crippen molar-refractivity contribution in [1.29, 1.82) is 0 Å². The van der Waals surface area contributed by atoms with Crippen molar-refractivity contribution >= 4 is 23.3 Å². The smallest absolute Gasteiger partial charge is 0.310 e. The van der Waals surface area contributed by atoms with Crippen LogP contribution in [0.4, 0.5) is 5.69 Å². The number of aliphatic carboxylic acids is 1. The van der Waals surface area contributed by atoms with Crippen LogP contribution in [0.1, 0.15) is 18.4 Å². The van der Waals surface area contributed by atoms with E-state index in [1.54, 1.807) is 25.1 Å². The molecular weight excluding hydrogens is 204 g/mol. The van der Waals surface area contributed by atoms with Gasteiger partial charge in [0.05, 0.1) is 16.6 Å². The predicted octanol–water partition coefficient (Wildman–Crippen LogP) is 1.81. The van der Waals surface area contributed by atoms with Gasteiger partial charge < -0.3 is 10.5 Å². The summed E-state index contributed by atoms with van der Waals surface area (Å²) in [7, 11) is 0. The quantitative estimate of drug-likeness (QED) is 0.530. The molecule has 14 heavy (non-hydrogen) atoms. The molecular formula is C9H11ClN2O2. The first kappa shape index (κ1) is 10.8. The molecule has 1 rings (SSSR count). The van der Waals surface area contributed by atoms with Gasteiger partial charge in [-0.05, 0) is 24.6 Å². The Balaban J connectivity index is 3.02. The summed E-state index contributed by atoms with van der Waals surface area (Å²) in [5.41, 5.74) is 3.64. The van der Waals surface area contributed by atoms with Crippen LogP contribution >= 0.6 is 11.6 Å². The number of nitrogen functional groups attached to an aromatic ring is 1. The summed E-state index contributed by atoms with van der Waals surface area (Å²) < 4.78 is 0. The first-order valence-corrected chi connectivity index (χ1v) is 4.43. The molecule has 0 aliphatic rings. The molecule has 0 amide bonds. The van der Waals surface area contributed by atoms with E-state index in [1.807, 2.05) is 0 Å². The van der Waals surface area contributed by atoms with Crippen LogP contribution in [0.3, 0.4) is 0 Å². The summed E-state index contributed by atoms with van der Waals surface area (Å²) in [6, 6.07) is 4.92. The summed E-state index contributed by atoms with van der Waals surface area (Å²) in [5, 5.41) is 9.18. The zero-order valence-corrected chi connectivity index (χ0v) is 8.38. The fraction of sp³-hybridized carbons (Fsp3) is 0.222. The molecule has 0 aromatic heterocycles. The monoisotopic (exact) mass is 214 g/mol. The summed E-state index contributed by atoms with van der Waals surface area (Å²) >= 11 is 5.84. The Morgan fingerprint density at radius 1 is 1.64 bits per heavy atom. The van der Waals surface area contributed by atoms with Crippen LogP contribution in [0, 0.1) is 0 Å². The predicted molar refractivity (Wildman–Crippen MR) is 55.3 cm³/mol. The van der Waals surface area contributed by atoms with Crippen LogP contribution in [-0.2, 0) is 4.79 Å². The number of anilines is 1. The van der Waals surface area contributed by atoms with E-state index in [2.05, 4.69) is 5.43 Å². The number of carbonyl (C=O) groups is 1. The molecule has 4 N–H and O–H groups in total. The molecule has 0 fully saturated rings. The lowest BCUT2D eigenvalue weighted by atomic mass is 10.0. The second kappa shape index (κ2) is 4.30. The summed E-state index contributed by atoms with van der Waals surface area (Å²) in [6.45, 7) is 1.60. The fourth-order valence-corrected chi connectivity index (χ4v) is 1.30. The van der Waals surface area contributed by atoms with Crippen LogP contribution < -0.4 is 11.3 Å². The van der Waals surface area contributed by atoms with E-state index >= 15 is 0 Å². The van der Waals surface area contributed by atoms with E-state index in [1.165, 1.54) is 0 Å². The van der Waals surface area contributed by atoms with Crippen molar-refractivity contribution in [3.63, 3.8) is 0 Å². The van der Waals surface area contributed by atoms with E-state index in [4.69, 9.17) is 22.6 Å². The SMILES string of the molecule is CC(C(=O)O)c1ccc(NN)c(Cl)c1. The van der Waals surface area contributed by atoms with Crippen molar-refractivity contribution in [2.45, 2.75) is 12.8 Å². The Kier molecular flexibility index (Phi) is 3.33. The van der Waals surface area contributed by atoms with Gasteiger partial charge in [-0.25, -0.2) is 0 Å². The van der Waals surface area contributed by atoms with E-state index in [-0.39, 0.29) is 0 Å². The maximum absolute atomic E-state index is 10.7. The molecule has 0 saturated heterocycles. The average molecular weight is 215 g/mol. The topological polar surface area (TPSA) is 75.3 Å². The molecule has 4 nitrogen and oxygen atoms in total. The number of hydrogen-bond acceptors (Lipinski definition) is 3. The number of nitrogens with one attached hydrogen (secondary N) is 1. The molecule has 0 spiro atoms. The molecule has 0 radical (unpaired) electrons. The highest BCUT2D eigenvalue weighted by molar-refractivity contribution is 6.33. The molecule has 0 aliphatic heterocycles. The lowest BCUT2D eigenvalue weighted by Crippen LogP contribution is -2.09. The minimum atomic E-state index is -0.880. The zero-order valence-electron chi connectivity index (χ0n) is 7.62. The van der Waals surface area contributed by atoms with Crippen LogP contribution in [0.25, 0.3) is 0 Å². The van der Waals surface area contributed by atoms with Gasteiger partial charge in [0.2, 0.25) is 0 Å². The maximum Gasteiger partial charge on any atom is 0.310 e. The molecule has 5 heteroatoms. The maximum atomic E-state index is 10.7. The molecule has 0 saturated carbocycles. The van der Waals surface area contributed by atoms with Crippen molar-refractivity contribution in [2.24, 2.45) is 5.84 Å². The Morgan fingerprint density at radius 2 is 2.29 bits per heavy atom. The fourth-order valence-electron chi connectivity index (χ4n) is 1.06. The summed E-state index contributed by atoms with van der Waals surface area (Å²) in [4.78, 5) is 10.7. The second-order valence-electron chi connectivity index (χ2n) is 2.94. The van der Waals surface area contributed by atoms with E-state index < -0.39 is 11.9 Å².